The van der Waals surface area contributed by atoms with Crippen LogP contribution in [0.3, 0.4) is 0 Å². The molecule has 0 unspecified atom stereocenters. The van der Waals surface area contributed by atoms with Crippen LogP contribution in [0.25, 0.3) is 11.0 Å². The minimum Gasteiger partial charge on any atom is -0.367 e. The van der Waals surface area contributed by atoms with Gasteiger partial charge in [0.1, 0.15) is 0 Å². The van der Waals surface area contributed by atoms with Crippen molar-refractivity contribution < 1.29 is 4.79 Å². The van der Waals surface area contributed by atoms with E-state index in [9.17, 15) is 4.79 Å². The molecular weight excluding hydrogens is 328 g/mol. The molecule has 0 spiro atoms. The predicted molar refractivity (Wildman–Crippen MR) is 100 cm³/mol. The number of pyridine rings is 1. The summed E-state index contributed by atoms with van der Waals surface area (Å²) in [6.45, 7) is 4.43. The van der Waals surface area contributed by atoms with Crippen molar-refractivity contribution in [3.63, 3.8) is 0 Å². The van der Waals surface area contributed by atoms with E-state index in [-0.39, 0.29) is 0 Å². The van der Waals surface area contributed by atoms with E-state index < -0.39 is 0 Å². The molecule has 1 amide bonds. The maximum Gasteiger partial charge on any atom is 0.224 e. The van der Waals surface area contributed by atoms with Crippen LogP contribution < -0.4 is 10.2 Å². The fraction of sp³-hybridized carbons (Fsp3) is 0.632. The molecule has 4 heterocycles. The lowest BCUT2D eigenvalue weighted by atomic mass is 10.1. The molecule has 2 aliphatic heterocycles. The lowest BCUT2D eigenvalue weighted by Gasteiger charge is -2.37. The normalized spacial score (nSPS) is 23.8. The zero-order chi connectivity index (χ0) is 17.5. The van der Waals surface area contributed by atoms with E-state index in [4.69, 9.17) is 0 Å². The van der Waals surface area contributed by atoms with Gasteiger partial charge in [-0.2, -0.15) is 5.10 Å². The van der Waals surface area contributed by atoms with Gasteiger partial charge in [-0.15, -0.1) is 0 Å². The number of carbonyl (C=O) groups is 1. The second kappa shape index (κ2) is 6.54. The molecule has 138 valence electrons. The molecule has 2 N–H and O–H groups in total. The van der Waals surface area contributed by atoms with Gasteiger partial charge in [0.25, 0.3) is 0 Å². The van der Waals surface area contributed by atoms with Crippen LogP contribution in [0.4, 0.5) is 5.69 Å². The van der Waals surface area contributed by atoms with Crippen molar-refractivity contribution in [2.24, 2.45) is 0 Å². The van der Waals surface area contributed by atoms with Crippen molar-refractivity contribution in [2.45, 2.75) is 44.1 Å². The zero-order valence-corrected chi connectivity index (χ0v) is 15.1. The highest BCUT2D eigenvalue weighted by molar-refractivity contribution is 5.91. The Bertz CT molecular complexity index is 799. The average molecular weight is 354 g/mol. The van der Waals surface area contributed by atoms with Crippen LogP contribution in [0, 0.1) is 0 Å². The molecule has 7 heteroatoms. The summed E-state index contributed by atoms with van der Waals surface area (Å²) < 4.78 is 0. The second-order valence-electron chi connectivity index (χ2n) is 7.83. The number of nitrogens with zero attached hydrogens (tertiary/aromatic N) is 4. The first-order chi connectivity index (χ1) is 12.8. The molecule has 0 aromatic carbocycles. The quantitative estimate of drug-likeness (QED) is 0.873. The molecule has 2 aromatic heterocycles. The molecule has 7 nitrogen and oxygen atoms in total. The molecule has 2 aromatic rings. The average Bonchev–Trinajstić information content (AvgIpc) is 3.17. The Morgan fingerprint density at radius 2 is 2.00 bits per heavy atom. The van der Waals surface area contributed by atoms with Crippen molar-refractivity contribution >= 4 is 22.6 Å². The van der Waals surface area contributed by atoms with Crippen LogP contribution >= 0.6 is 0 Å². The number of aromatic amines is 1. The van der Waals surface area contributed by atoms with Gasteiger partial charge < -0.3 is 15.1 Å². The number of rotatable bonds is 4. The summed E-state index contributed by atoms with van der Waals surface area (Å²) in [6, 6.07) is 0.382. The van der Waals surface area contributed by atoms with Crippen LogP contribution in [0.5, 0.6) is 0 Å². The van der Waals surface area contributed by atoms with E-state index in [0.29, 0.717) is 24.3 Å². The van der Waals surface area contributed by atoms with Crippen molar-refractivity contribution in [2.75, 3.05) is 37.6 Å². The molecule has 1 atom stereocenters. The van der Waals surface area contributed by atoms with Gasteiger partial charge in [-0.3, -0.25) is 9.89 Å². The van der Waals surface area contributed by atoms with E-state index in [1.54, 1.807) is 0 Å². The molecule has 26 heavy (non-hydrogen) atoms. The highest BCUT2D eigenvalue weighted by Gasteiger charge is 2.32. The Balaban J connectivity index is 1.31. The van der Waals surface area contributed by atoms with E-state index in [1.807, 2.05) is 17.3 Å². The Kier molecular flexibility index (Phi) is 4.04. The molecule has 0 bridgehead atoms. The number of hydrogen-bond donors (Lipinski definition) is 2. The third-order valence-corrected chi connectivity index (χ3v) is 6.03. The largest absolute Gasteiger partial charge is 0.367 e. The van der Waals surface area contributed by atoms with Gasteiger partial charge >= 0.3 is 0 Å². The molecule has 1 saturated carbocycles. The minimum atomic E-state index is 0.301. The minimum absolute atomic E-state index is 0.301. The van der Waals surface area contributed by atoms with Crippen LogP contribution in [-0.2, 0) is 4.79 Å². The van der Waals surface area contributed by atoms with Gasteiger partial charge in [0.05, 0.1) is 17.3 Å². The number of nitrogens with one attached hydrogen (secondary N) is 2. The Labute approximate surface area is 153 Å². The zero-order valence-electron chi connectivity index (χ0n) is 15.1. The van der Waals surface area contributed by atoms with Gasteiger partial charge in [-0.25, -0.2) is 4.98 Å². The molecule has 1 aliphatic carbocycles. The number of anilines is 1. The molecule has 2 saturated heterocycles. The van der Waals surface area contributed by atoms with Crippen LogP contribution in [0.2, 0.25) is 0 Å². The predicted octanol–water partition coefficient (Wildman–Crippen LogP) is 1.63. The molecule has 3 fully saturated rings. The van der Waals surface area contributed by atoms with E-state index >= 15 is 0 Å². The topological polar surface area (TPSA) is 77.2 Å². The standard InChI is InChI=1S/C19H26N6O/c26-17(10-14-2-1-5-20-14)24-6-8-25(9-7-24)18-15(13-3-4-13)11-21-19-16(18)12-22-23-19/h11-14,20H,1-10H2,(H,21,22,23)/t14-/m0/s1. The smallest absolute Gasteiger partial charge is 0.224 e. The fourth-order valence-electron chi connectivity index (χ4n) is 4.40. The first kappa shape index (κ1) is 16.1. The SMILES string of the molecule is O=C(C[C@@H]1CCCN1)N1CCN(c2c(C3CC3)cnc3[nH]ncc23)CC1. The van der Waals surface area contributed by atoms with E-state index in [1.165, 1.54) is 30.5 Å². The lowest BCUT2D eigenvalue weighted by molar-refractivity contribution is -0.131. The summed E-state index contributed by atoms with van der Waals surface area (Å²) in [4.78, 5) is 21.6. The highest BCUT2D eigenvalue weighted by Crippen LogP contribution is 2.46. The summed E-state index contributed by atoms with van der Waals surface area (Å²) in [5, 5.41) is 11.7. The Morgan fingerprint density at radius 3 is 2.73 bits per heavy atom. The molecule has 5 rings (SSSR count). The first-order valence-electron chi connectivity index (χ1n) is 9.87. The summed E-state index contributed by atoms with van der Waals surface area (Å²) in [6.07, 6.45) is 9.40. The number of amides is 1. The Morgan fingerprint density at radius 1 is 1.15 bits per heavy atom. The lowest BCUT2D eigenvalue weighted by Crippen LogP contribution is -2.50. The van der Waals surface area contributed by atoms with Gasteiger partial charge in [0, 0.05) is 44.8 Å². The monoisotopic (exact) mass is 354 g/mol. The van der Waals surface area contributed by atoms with Crippen LogP contribution in [-0.4, -0.2) is 64.8 Å². The van der Waals surface area contributed by atoms with Gasteiger partial charge in [-0.05, 0) is 43.7 Å². The third-order valence-electron chi connectivity index (χ3n) is 6.03. The Hall–Kier alpha value is -2.15. The summed E-state index contributed by atoms with van der Waals surface area (Å²) in [7, 11) is 0. The van der Waals surface area contributed by atoms with Crippen molar-refractivity contribution in [3.8, 4) is 0 Å². The van der Waals surface area contributed by atoms with E-state index in [2.05, 4.69) is 25.4 Å². The highest BCUT2D eigenvalue weighted by atomic mass is 16.2. The summed E-state index contributed by atoms with van der Waals surface area (Å²) in [5.41, 5.74) is 3.50. The second-order valence-corrected chi connectivity index (χ2v) is 7.83. The first-order valence-corrected chi connectivity index (χ1v) is 9.87. The van der Waals surface area contributed by atoms with Gasteiger partial charge in [0.15, 0.2) is 5.65 Å². The number of carbonyl (C=O) groups excluding carboxylic acids is 1. The van der Waals surface area contributed by atoms with Gasteiger partial charge in [-0.1, -0.05) is 0 Å². The van der Waals surface area contributed by atoms with Crippen LogP contribution in [0.1, 0.15) is 43.6 Å². The third kappa shape index (κ3) is 2.94. The van der Waals surface area contributed by atoms with Crippen molar-refractivity contribution in [1.82, 2.24) is 25.4 Å². The van der Waals surface area contributed by atoms with Crippen molar-refractivity contribution in [1.29, 1.82) is 0 Å². The van der Waals surface area contributed by atoms with Crippen LogP contribution in [0.15, 0.2) is 12.4 Å². The van der Waals surface area contributed by atoms with Crippen molar-refractivity contribution in [3.05, 3.63) is 18.0 Å². The summed E-state index contributed by atoms with van der Waals surface area (Å²) >= 11 is 0. The maximum atomic E-state index is 12.6. The number of hydrogen-bond acceptors (Lipinski definition) is 5. The molecule has 0 radical (unpaired) electrons. The number of H-pyrrole nitrogens is 1. The maximum absolute atomic E-state index is 12.6. The molecule has 3 aliphatic rings. The number of piperazine rings is 1. The summed E-state index contributed by atoms with van der Waals surface area (Å²) in [5.74, 6) is 0.944. The fourth-order valence-corrected chi connectivity index (χ4v) is 4.40. The number of fused-ring (bicyclic) bond motifs is 1. The van der Waals surface area contributed by atoms with E-state index in [0.717, 1.165) is 50.2 Å². The molecular formula is C19H26N6O. The van der Waals surface area contributed by atoms with Gasteiger partial charge in [0.2, 0.25) is 5.91 Å². The number of aromatic nitrogens is 3.